The predicted molar refractivity (Wildman–Crippen MR) is 72.8 cm³/mol. The van der Waals surface area contributed by atoms with E-state index in [-0.39, 0.29) is 28.6 Å². The lowest BCUT2D eigenvalue weighted by molar-refractivity contribution is -0.385. The Bertz CT molecular complexity index is 736. The minimum atomic E-state index is -1.20. The van der Waals surface area contributed by atoms with Crippen LogP contribution in [0.4, 0.5) is 5.69 Å². The number of hydrogen-bond acceptors (Lipinski definition) is 5. The first-order chi connectivity index (χ1) is 9.81. The summed E-state index contributed by atoms with van der Waals surface area (Å²) in [5.74, 6) is -1.28. The second-order valence-electron chi connectivity index (χ2n) is 4.52. The third-order valence-corrected chi connectivity index (χ3v) is 2.90. The molecule has 110 valence electrons. The van der Waals surface area contributed by atoms with Crippen LogP contribution in [0.2, 0.25) is 0 Å². The number of aryl methyl sites for hydroxylation is 3. The van der Waals surface area contributed by atoms with E-state index in [1.807, 2.05) is 0 Å². The average Bonchev–Trinajstić information content (AvgIpc) is 2.66. The SMILES string of the molecule is Cc1ccc(Oc2c(C(=O)O)c(C)nn2C)c([N+](=O)[O-])c1. The number of carboxylic acid groups (broad SMARTS) is 1. The van der Waals surface area contributed by atoms with E-state index in [0.717, 1.165) is 0 Å². The van der Waals surface area contributed by atoms with Crippen molar-refractivity contribution in [2.24, 2.45) is 7.05 Å². The molecule has 0 unspecified atom stereocenters. The molecule has 0 aliphatic heterocycles. The van der Waals surface area contributed by atoms with Crippen molar-refractivity contribution in [3.63, 3.8) is 0 Å². The van der Waals surface area contributed by atoms with Crippen LogP contribution < -0.4 is 4.74 Å². The van der Waals surface area contributed by atoms with Gasteiger partial charge in [-0.2, -0.15) is 5.10 Å². The maximum atomic E-state index is 11.3. The molecule has 0 aliphatic carbocycles. The summed E-state index contributed by atoms with van der Waals surface area (Å²) in [5.41, 5.74) is 0.626. The first kappa shape index (κ1) is 14.5. The van der Waals surface area contributed by atoms with E-state index in [1.165, 1.54) is 30.8 Å². The van der Waals surface area contributed by atoms with Crippen molar-refractivity contribution in [1.29, 1.82) is 0 Å². The van der Waals surface area contributed by atoms with Gasteiger partial charge < -0.3 is 9.84 Å². The van der Waals surface area contributed by atoms with Crippen LogP contribution in [0.3, 0.4) is 0 Å². The number of carbonyl (C=O) groups is 1. The highest BCUT2D eigenvalue weighted by atomic mass is 16.6. The molecule has 0 atom stereocenters. The fourth-order valence-electron chi connectivity index (χ4n) is 1.96. The fraction of sp³-hybridized carbons (Fsp3) is 0.231. The summed E-state index contributed by atoms with van der Waals surface area (Å²) in [6, 6.07) is 4.44. The van der Waals surface area contributed by atoms with E-state index < -0.39 is 10.9 Å². The van der Waals surface area contributed by atoms with Gasteiger partial charge in [0.2, 0.25) is 11.6 Å². The van der Waals surface area contributed by atoms with Crippen molar-refractivity contribution in [3.8, 4) is 11.6 Å². The zero-order valence-electron chi connectivity index (χ0n) is 11.7. The number of nitrogens with zero attached hydrogens (tertiary/aromatic N) is 3. The van der Waals surface area contributed by atoms with E-state index in [0.29, 0.717) is 5.56 Å². The molecule has 1 N–H and O–H groups in total. The number of ether oxygens (including phenoxy) is 1. The van der Waals surface area contributed by atoms with E-state index in [4.69, 9.17) is 4.74 Å². The topological polar surface area (TPSA) is 107 Å². The van der Waals surface area contributed by atoms with Crippen LogP contribution >= 0.6 is 0 Å². The molecule has 21 heavy (non-hydrogen) atoms. The molecule has 2 aromatic rings. The van der Waals surface area contributed by atoms with Crippen molar-refractivity contribution in [2.75, 3.05) is 0 Å². The summed E-state index contributed by atoms with van der Waals surface area (Å²) in [4.78, 5) is 21.7. The fourth-order valence-corrected chi connectivity index (χ4v) is 1.96. The summed E-state index contributed by atoms with van der Waals surface area (Å²) in [7, 11) is 1.51. The van der Waals surface area contributed by atoms with Gasteiger partial charge in [0.1, 0.15) is 5.56 Å². The Labute approximate surface area is 119 Å². The molecule has 8 nitrogen and oxygen atoms in total. The standard InChI is InChI=1S/C13H13N3O5/c1-7-4-5-10(9(6-7)16(19)20)21-12-11(13(17)18)8(2)14-15(12)3/h4-6H,1-3H3,(H,17,18). The molecule has 0 saturated heterocycles. The molecule has 0 amide bonds. The van der Waals surface area contributed by atoms with Crippen LogP contribution in [0.25, 0.3) is 0 Å². The van der Waals surface area contributed by atoms with E-state index >= 15 is 0 Å². The van der Waals surface area contributed by atoms with Gasteiger partial charge in [0.25, 0.3) is 0 Å². The van der Waals surface area contributed by atoms with Crippen LogP contribution in [0, 0.1) is 24.0 Å². The molecule has 0 saturated carbocycles. The van der Waals surface area contributed by atoms with Crippen LogP contribution in [-0.4, -0.2) is 25.8 Å². The van der Waals surface area contributed by atoms with Crippen molar-refractivity contribution in [2.45, 2.75) is 13.8 Å². The third kappa shape index (κ3) is 2.69. The molecule has 1 heterocycles. The molecule has 2 rings (SSSR count). The maximum Gasteiger partial charge on any atom is 0.343 e. The first-order valence-corrected chi connectivity index (χ1v) is 6.01. The van der Waals surface area contributed by atoms with Gasteiger partial charge in [-0.3, -0.25) is 10.1 Å². The molecular formula is C13H13N3O5. The molecule has 0 aliphatic rings. The molecule has 0 radical (unpaired) electrons. The minimum Gasteiger partial charge on any atom is -0.477 e. The Hall–Kier alpha value is -2.90. The lowest BCUT2D eigenvalue weighted by Crippen LogP contribution is -2.03. The Morgan fingerprint density at radius 1 is 1.43 bits per heavy atom. The molecular weight excluding hydrogens is 278 g/mol. The zero-order chi connectivity index (χ0) is 15.7. The van der Waals surface area contributed by atoms with Gasteiger partial charge in [-0.05, 0) is 25.5 Å². The number of hydrogen-bond donors (Lipinski definition) is 1. The van der Waals surface area contributed by atoms with Crippen LogP contribution in [0.1, 0.15) is 21.6 Å². The van der Waals surface area contributed by atoms with E-state index in [2.05, 4.69) is 5.10 Å². The van der Waals surface area contributed by atoms with Gasteiger partial charge in [-0.25, -0.2) is 9.48 Å². The molecule has 1 aromatic carbocycles. The van der Waals surface area contributed by atoms with Crippen LogP contribution in [0.5, 0.6) is 11.6 Å². The third-order valence-electron chi connectivity index (χ3n) is 2.90. The summed E-state index contributed by atoms with van der Waals surface area (Å²) in [6.45, 7) is 3.24. The normalized spacial score (nSPS) is 10.4. The summed E-state index contributed by atoms with van der Waals surface area (Å²) in [5, 5.41) is 24.2. The number of aromatic carboxylic acids is 1. The highest BCUT2D eigenvalue weighted by molar-refractivity contribution is 5.91. The van der Waals surface area contributed by atoms with E-state index in [9.17, 15) is 20.0 Å². The maximum absolute atomic E-state index is 11.3. The van der Waals surface area contributed by atoms with E-state index in [1.54, 1.807) is 13.0 Å². The Balaban J connectivity index is 2.53. The minimum absolute atomic E-state index is 0.0314. The second kappa shape index (κ2) is 5.23. The molecule has 0 bridgehead atoms. The highest BCUT2D eigenvalue weighted by Crippen LogP contribution is 2.34. The number of nitro groups is 1. The van der Waals surface area contributed by atoms with Crippen molar-refractivity contribution in [3.05, 3.63) is 45.1 Å². The number of carboxylic acids is 1. The smallest absolute Gasteiger partial charge is 0.343 e. The van der Waals surface area contributed by atoms with Crippen molar-refractivity contribution in [1.82, 2.24) is 9.78 Å². The molecule has 1 aromatic heterocycles. The highest BCUT2D eigenvalue weighted by Gasteiger charge is 2.24. The lowest BCUT2D eigenvalue weighted by atomic mass is 10.2. The van der Waals surface area contributed by atoms with Crippen LogP contribution in [0.15, 0.2) is 18.2 Å². The van der Waals surface area contributed by atoms with Crippen molar-refractivity contribution < 1.29 is 19.6 Å². The average molecular weight is 291 g/mol. The molecule has 8 heteroatoms. The number of benzene rings is 1. The summed E-state index contributed by atoms with van der Waals surface area (Å²) >= 11 is 0. The lowest BCUT2D eigenvalue weighted by Gasteiger charge is -2.08. The monoisotopic (exact) mass is 291 g/mol. The van der Waals surface area contributed by atoms with Crippen molar-refractivity contribution >= 4 is 11.7 Å². The quantitative estimate of drug-likeness (QED) is 0.684. The van der Waals surface area contributed by atoms with Gasteiger partial charge in [0.15, 0.2) is 0 Å². The Kier molecular flexibility index (Phi) is 3.62. The number of rotatable bonds is 4. The Morgan fingerprint density at radius 3 is 2.67 bits per heavy atom. The van der Waals surface area contributed by atoms with Crippen LogP contribution in [-0.2, 0) is 7.05 Å². The van der Waals surface area contributed by atoms with Gasteiger partial charge >= 0.3 is 11.7 Å². The zero-order valence-corrected chi connectivity index (χ0v) is 11.7. The molecule has 0 spiro atoms. The van der Waals surface area contributed by atoms with Gasteiger partial charge in [0, 0.05) is 13.1 Å². The van der Waals surface area contributed by atoms with Gasteiger partial charge in [-0.15, -0.1) is 0 Å². The second-order valence-corrected chi connectivity index (χ2v) is 4.52. The molecule has 0 fully saturated rings. The summed E-state index contributed by atoms with van der Waals surface area (Å²) in [6.07, 6.45) is 0. The largest absolute Gasteiger partial charge is 0.477 e. The predicted octanol–water partition coefficient (Wildman–Crippen LogP) is 2.44. The van der Waals surface area contributed by atoms with Gasteiger partial charge in [-0.1, -0.05) is 6.07 Å². The van der Waals surface area contributed by atoms with Gasteiger partial charge in [0.05, 0.1) is 10.6 Å². The number of nitro benzene ring substituents is 1. The summed E-state index contributed by atoms with van der Waals surface area (Å²) < 4.78 is 6.69. The Morgan fingerprint density at radius 2 is 2.10 bits per heavy atom. The first-order valence-electron chi connectivity index (χ1n) is 6.01. The number of aromatic nitrogens is 2.